The first-order valence-corrected chi connectivity index (χ1v) is 7.86. The molecule has 1 aromatic carbocycles. The van der Waals surface area contributed by atoms with Gasteiger partial charge in [-0.15, -0.1) is 0 Å². The zero-order valence-corrected chi connectivity index (χ0v) is 12.5. The number of halogens is 2. The van der Waals surface area contributed by atoms with Crippen LogP contribution >= 0.6 is 23.2 Å². The Balaban J connectivity index is 1.76. The lowest BCUT2D eigenvalue weighted by Crippen LogP contribution is -2.40. The van der Waals surface area contributed by atoms with Gasteiger partial charge in [-0.2, -0.15) is 0 Å². The van der Waals surface area contributed by atoms with Gasteiger partial charge >= 0.3 is 0 Å². The molecular formula is C15H16Cl2N2O. The lowest BCUT2D eigenvalue weighted by molar-refractivity contribution is 0.154. The van der Waals surface area contributed by atoms with Crippen LogP contribution in [0.5, 0.6) is 0 Å². The fraction of sp³-hybridized carbons (Fsp3) is 0.533. The van der Waals surface area contributed by atoms with Crippen molar-refractivity contribution in [1.29, 1.82) is 0 Å². The average Bonchev–Trinajstić information content (AvgIpc) is 2.87. The maximum absolute atomic E-state index is 9.32. The molecule has 3 aliphatic rings. The molecule has 4 rings (SSSR count). The summed E-state index contributed by atoms with van der Waals surface area (Å²) in [7, 11) is 0. The van der Waals surface area contributed by atoms with Crippen molar-refractivity contribution in [2.45, 2.75) is 37.3 Å². The molecule has 0 radical (unpaired) electrons. The molecule has 3 nitrogen and oxygen atoms in total. The zero-order valence-electron chi connectivity index (χ0n) is 11.0. The second kappa shape index (κ2) is 4.62. The van der Waals surface area contributed by atoms with E-state index in [9.17, 15) is 5.21 Å². The second-order valence-electron chi connectivity index (χ2n) is 6.10. The molecule has 3 aliphatic heterocycles. The number of rotatable bonds is 1. The monoisotopic (exact) mass is 310 g/mol. The lowest BCUT2D eigenvalue weighted by Gasteiger charge is -2.36. The maximum atomic E-state index is 9.32. The standard InChI is InChI=1S/C15H16Cl2N2O/c16-11-3-1-8(5-12(11)17)10-6-9-2-4-14-15(10)13(18-20)7-19(9)14/h1,3,5,9-10,14-15,20H,2,4,6-7H2/b18-13+/t9-,10+,14+,15+/m0/s1. The molecule has 0 aromatic heterocycles. The van der Waals surface area contributed by atoms with Crippen molar-refractivity contribution >= 4 is 28.9 Å². The number of hydrogen-bond donors (Lipinski definition) is 1. The Bertz CT molecular complexity index is 589. The third-order valence-electron chi connectivity index (χ3n) is 5.29. The van der Waals surface area contributed by atoms with Crippen LogP contribution in [0.15, 0.2) is 23.4 Å². The van der Waals surface area contributed by atoms with E-state index in [-0.39, 0.29) is 0 Å². The van der Waals surface area contributed by atoms with Crippen LogP contribution in [0.25, 0.3) is 0 Å². The smallest absolute Gasteiger partial charge is 0.0763 e. The third kappa shape index (κ3) is 1.73. The molecule has 4 bridgehead atoms. The van der Waals surface area contributed by atoms with Crippen molar-refractivity contribution in [1.82, 2.24) is 4.90 Å². The van der Waals surface area contributed by atoms with E-state index < -0.39 is 0 Å². The van der Waals surface area contributed by atoms with Gasteiger partial charge in [-0.25, -0.2) is 0 Å². The SMILES string of the molecule is O/N=C1\CN2[C@H]3CC[C@@H]2[C@@H]1[C@@H](c1ccc(Cl)c(Cl)c1)C3. The van der Waals surface area contributed by atoms with Crippen molar-refractivity contribution in [2.75, 3.05) is 6.54 Å². The summed E-state index contributed by atoms with van der Waals surface area (Å²) in [6.07, 6.45) is 3.60. The Kier molecular flexibility index (Phi) is 2.99. The number of piperidine rings is 1. The van der Waals surface area contributed by atoms with Gasteiger partial charge in [0, 0.05) is 24.5 Å². The Morgan fingerprint density at radius 2 is 2.05 bits per heavy atom. The van der Waals surface area contributed by atoms with Crippen molar-refractivity contribution in [3.05, 3.63) is 33.8 Å². The molecule has 0 spiro atoms. The Morgan fingerprint density at radius 3 is 2.80 bits per heavy atom. The van der Waals surface area contributed by atoms with E-state index in [0.29, 0.717) is 34.0 Å². The first-order chi connectivity index (χ1) is 9.69. The van der Waals surface area contributed by atoms with Crippen LogP contribution in [0.2, 0.25) is 10.0 Å². The van der Waals surface area contributed by atoms with Crippen LogP contribution in [0, 0.1) is 5.92 Å². The number of nitrogens with zero attached hydrogens (tertiary/aromatic N) is 2. The molecule has 3 saturated heterocycles. The minimum Gasteiger partial charge on any atom is -0.411 e. The quantitative estimate of drug-likeness (QED) is 0.633. The number of oxime groups is 1. The summed E-state index contributed by atoms with van der Waals surface area (Å²) in [6, 6.07) is 7.09. The van der Waals surface area contributed by atoms with E-state index >= 15 is 0 Å². The van der Waals surface area contributed by atoms with E-state index in [1.165, 1.54) is 18.4 Å². The summed E-state index contributed by atoms with van der Waals surface area (Å²) in [5, 5.41) is 14.1. The molecule has 5 atom stereocenters. The minimum atomic E-state index is 0.330. The van der Waals surface area contributed by atoms with Crippen LogP contribution in [-0.4, -0.2) is 34.4 Å². The van der Waals surface area contributed by atoms with Gasteiger partial charge in [-0.1, -0.05) is 34.4 Å². The Hall–Kier alpha value is -0.770. The topological polar surface area (TPSA) is 35.8 Å². The van der Waals surface area contributed by atoms with Crippen molar-refractivity contribution in [2.24, 2.45) is 11.1 Å². The van der Waals surface area contributed by atoms with E-state index in [1.54, 1.807) is 0 Å². The summed E-state index contributed by atoms with van der Waals surface area (Å²) in [5.41, 5.74) is 2.16. The largest absolute Gasteiger partial charge is 0.411 e. The zero-order chi connectivity index (χ0) is 13.9. The van der Waals surface area contributed by atoms with E-state index in [0.717, 1.165) is 18.7 Å². The second-order valence-corrected chi connectivity index (χ2v) is 6.92. The van der Waals surface area contributed by atoms with Gasteiger partial charge < -0.3 is 5.21 Å². The van der Waals surface area contributed by atoms with Crippen LogP contribution in [0.3, 0.4) is 0 Å². The van der Waals surface area contributed by atoms with Gasteiger partial charge in [-0.05, 0) is 42.9 Å². The Morgan fingerprint density at radius 1 is 1.20 bits per heavy atom. The molecule has 0 saturated carbocycles. The van der Waals surface area contributed by atoms with Gasteiger partial charge in [-0.3, -0.25) is 4.90 Å². The molecule has 1 aromatic rings. The molecule has 1 N–H and O–H groups in total. The van der Waals surface area contributed by atoms with E-state index in [2.05, 4.69) is 16.1 Å². The molecule has 1 unspecified atom stereocenters. The normalized spacial score (nSPS) is 40.5. The highest BCUT2D eigenvalue weighted by molar-refractivity contribution is 6.42. The summed E-state index contributed by atoms with van der Waals surface area (Å²) in [5.74, 6) is 0.725. The van der Waals surface area contributed by atoms with Crippen molar-refractivity contribution < 1.29 is 5.21 Å². The highest BCUT2D eigenvalue weighted by Gasteiger charge is 2.54. The molecule has 106 valence electrons. The molecule has 3 heterocycles. The van der Waals surface area contributed by atoms with E-state index in [4.69, 9.17) is 23.2 Å². The predicted molar refractivity (Wildman–Crippen MR) is 80.0 cm³/mol. The first-order valence-electron chi connectivity index (χ1n) is 7.10. The van der Waals surface area contributed by atoms with Crippen molar-refractivity contribution in [3.8, 4) is 0 Å². The molecule has 20 heavy (non-hydrogen) atoms. The fourth-order valence-electron chi connectivity index (χ4n) is 4.49. The van der Waals surface area contributed by atoms with Gasteiger partial charge in [0.1, 0.15) is 0 Å². The van der Waals surface area contributed by atoms with Gasteiger partial charge in [0.25, 0.3) is 0 Å². The molecule has 0 amide bonds. The first kappa shape index (κ1) is 12.9. The summed E-state index contributed by atoms with van der Waals surface area (Å²) in [4.78, 5) is 2.52. The summed E-state index contributed by atoms with van der Waals surface area (Å²) in [6.45, 7) is 0.828. The Labute approximate surface area is 128 Å². The van der Waals surface area contributed by atoms with E-state index in [1.807, 2.05) is 12.1 Å². The summed E-state index contributed by atoms with van der Waals surface area (Å²) >= 11 is 12.2. The number of benzene rings is 1. The maximum Gasteiger partial charge on any atom is 0.0763 e. The van der Waals surface area contributed by atoms with Crippen LogP contribution < -0.4 is 0 Å². The van der Waals surface area contributed by atoms with Gasteiger partial charge in [0.05, 0.1) is 15.8 Å². The third-order valence-corrected chi connectivity index (χ3v) is 6.03. The molecule has 0 aliphatic carbocycles. The highest BCUT2D eigenvalue weighted by Crippen LogP contribution is 2.51. The van der Waals surface area contributed by atoms with Crippen LogP contribution in [0.1, 0.15) is 30.7 Å². The van der Waals surface area contributed by atoms with Crippen LogP contribution in [-0.2, 0) is 0 Å². The van der Waals surface area contributed by atoms with Crippen molar-refractivity contribution in [3.63, 3.8) is 0 Å². The predicted octanol–water partition coefficient (Wildman–Crippen LogP) is 3.77. The summed E-state index contributed by atoms with van der Waals surface area (Å²) < 4.78 is 0. The lowest BCUT2D eigenvalue weighted by atomic mass is 9.77. The van der Waals surface area contributed by atoms with Crippen LogP contribution in [0.4, 0.5) is 0 Å². The highest BCUT2D eigenvalue weighted by atomic mass is 35.5. The fourth-order valence-corrected chi connectivity index (χ4v) is 4.80. The molecule has 3 fully saturated rings. The van der Waals surface area contributed by atoms with Gasteiger partial charge in [0.15, 0.2) is 0 Å². The minimum absolute atomic E-state index is 0.330. The molecular weight excluding hydrogens is 295 g/mol. The van der Waals surface area contributed by atoms with Gasteiger partial charge in [0.2, 0.25) is 0 Å². The molecule has 5 heteroatoms. The number of hydrogen-bond acceptors (Lipinski definition) is 3. The average molecular weight is 311 g/mol.